The lowest BCUT2D eigenvalue weighted by atomic mass is 10.1. The Bertz CT molecular complexity index is 1050. The minimum atomic E-state index is -4.34. The number of methoxy groups -OCH3 is 1. The van der Waals surface area contributed by atoms with E-state index in [-0.39, 0.29) is 35.3 Å². The fraction of sp³-hybridized carbons (Fsp3) is 0.200. The van der Waals surface area contributed by atoms with Gasteiger partial charge in [-0.1, -0.05) is 28.1 Å². The maximum absolute atomic E-state index is 14.4. The van der Waals surface area contributed by atoms with Crippen LogP contribution in [0.5, 0.6) is 11.8 Å². The molecule has 1 N–H and O–H groups in total. The van der Waals surface area contributed by atoms with E-state index in [4.69, 9.17) is 9.47 Å². The number of nitrogens with one attached hydrogen (secondary N) is 1. The van der Waals surface area contributed by atoms with Crippen LogP contribution in [-0.2, 0) is 6.61 Å². The minimum absolute atomic E-state index is 0.0502. The van der Waals surface area contributed by atoms with E-state index in [1.165, 1.54) is 31.5 Å². The fourth-order valence-corrected chi connectivity index (χ4v) is 3.49. The Morgan fingerprint density at radius 2 is 1.97 bits per heavy atom. The van der Waals surface area contributed by atoms with Crippen molar-refractivity contribution in [3.8, 4) is 23.0 Å². The van der Waals surface area contributed by atoms with Crippen molar-refractivity contribution in [2.45, 2.75) is 12.8 Å². The van der Waals surface area contributed by atoms with Gasteiger partial charge in [0.2, 0.25) is 11.8 Å². The molecule has 164 valence electrons. The van der Waals surface area contributed by atoms with Crippen molar-refractivity contribution in [3.05, 3.63) is 64.5 Å². The van der Waals surface area contributed by atoms with Crippen LogP contribution in [0.3, 0.4) is 0 Å². The monoisotopic (exact) mass is 517 g/mol. The Labute approximate surface area is 188 Å². The minimum Gasteiger partial charge on any atom is -0.480 e. The first-order valence-electron chi connectivity index (χ1n) is 8.78. The predicted molar refractivity (Wildman–Crippen MR) is 115 cm³/mol. The summed E-state index contributed by atoms with van der Waals surface area (Å²) in [4.78, 5) is 8.22. The van der Waals surface area contributed by atoms with E-state index >= 15 is 0 Å². The van der Waals surface area contributed by atoms with Gasteiger partial charge < -0.3 is 14.2 Å². The summed E-state index contributed by atoms with van der Waals surface area (Å²) >= 11 is 3.80. The molecule has 0 aliphatic carbocycles. The molecule has 0 unspecified atom stereocenters. The smallest absolute Gasteiger partial charge is 0.399 e. The van der Waals surface area contributed by atoms with Crippen LogP contribution in [-0.4, -0.2) is 29.0 Å². The number of hydrogen-bond donors (Lipinski definition) is 1. The molecular weight excluding hydrogens is 502 g/mol. The van der Waals surface area contributed by atoms with Crippen LogP contribution in [0.1, 0.15) is 5.56 Å². The molecular formula is C20H16BrF4N3O2S. The van der Waals surface area contributed by atoms with Gasteiger partial charge in [0.25, 0.3) is 0 Å². The molecule has 3 rings (SSSR count). The largest absolute Gasteiger partial charge is 0.480 e. The molecule has 2 heterocycles. The number of hydrogen-bond acceptors (Lipinski definition) is 6. The summed E-state index contributed by atoms with van der Waals surface area (Å²) in [7, 11) is 1.33. The molecule has 1 aromatic carbocycles. The summed E-state index contributed by atoms with van der Waals surface area (Å²) in [6.07, 6.45) is -3.02. The second kappa shape index (κ2) is 10.2. The molecule has 11 heteroatoms. The highest BCUT2D eigenvalue weighted by atomic mass is 79.9. The summed E-state index contributed by atoms with van der Waals surface area (Å²) in [6.45, 7) is 0.221. The third kappa shape index (κ3) is 6.73. The standard InChI is InChI=1S/C20H16BrF4N3O2S/c1-29-19-16(28-31-11-20(23,24)25)8-13(9-26-19)18-15(22)5-6-17(27-18)30-10-12-3-2-4-14(21)7-12/h2-9,28H,10-11H2,1H3. The van der Waals surface area contributed by atoms with Gasteiger partial charge in [-0.15, -0.1) is 0 Å². The molecule has 0 fully saturated rings. The number of pyridine rings is 2. The van der Waals surface area contributed by atoms with Gasteiger partial charge in [-0.05, 0) is 41.8 Å². The van der Waals surface area contributed by atoms with Gasteiger partial charge in [0, 0.05) is 22.3 Å². The summed E-state index contributed by atoms with van der Waals surface area (Å²) in [6, 6.07) is 11.5. The third-order valence-electron chi connectivity index (χ3n) is 3.83. The van der Waals surface area contributed by atoms with Crippen molar-refractivity contribution in [2.75, 3.05) is 17.6 Å². The lowest BCUT2D eigenvalue weighted by molar-refractivity contribution is -0.105. The summed E-state index contributed by atoms with van der Waals surface area (Å²) in [5, 5.41) is 0. The van der Waals surface area contributed by atoms with Crippen LogP contribution in [0.4, 0.5) is 23.2 Å². The van der Waals surface area contributed by atoms with Crippen LogP contribution < -0.4 is 14.2 Å². The molecule has 0 aliphatic heterocycles. The van der Waals surface area contributed by atoms with Crippen molar-refractivity contribution in [2.24, 2.45) is 0 Å². The van der Waals surface area contributed by atoms with Crippen molar-refractivity contribution in [1.82, 2.24) is 9.97 Å². The highest BCUT2D eigenvalue weighted by Crippen LogP contribution is 2.32. The maximum Gasteiger partial charge on any atom is 0.399 e. The van der Waals surface area contributed by atoms with Gasteiger partial charge in [-0.25, -0.2) is 14.4 Å². The number of rotatable bonds is 8. The number of halogens is 5. The molecule has 3 aromatic rings. The first-order valence-corrected chi connectivity index (χ1v) is 10.6. The molecule has 0 bridgehead atoms. The van der Waals surface area contributed by atoms with Gasteiger partial charge in [-0.3, -0.25) is 0 Å². The molecule has 5 nitrogen and oxygen atoms in total. The van der Waals surface area contributed by atoms with Gasteiger partial charge in [0.05, 0.1) is 7.11 Å². The van der Waals surface area contributed by atoms with Crippen LogP contribution in [0.2, 0.25) is 0 Å². The predicted octanol–water partition coefficient (Wildman–Crippen LogP) is 6.26. The summed E-state index contributed by atoms with van der Waals surface area (Å²) < 4.78 is 65.8. The highest BCUT2D eigenvalue weighted by Gasteiger charge is 2.27. The topological polar surface area (TPSA) is 56.3 Å². The first kappa shape index (κ1) is 23.1. The Balaban J connectivity index is 1.80. The Kier molecular flexibility index (Phi) is 7.60. The van der Waals surface area contributed by atoms with E-state index in [1.54, 1.807) is 0 Å². The summed E-state index contributed by atoms with van der Waals surface area (Å²) in [5.74, 6) is -1.49. The second-order valence-electron chi connectivity index (χ2n) is 6.19. The number of benzene rings is 1. The van der Waals surface area contributed by atoms with Crippen LogP contribution in [0.25, 0.3) is 11.3 Å². The zero-order valence-corrected chi connectivity index (χ0v) is 18.4. The van der Waals surface area contributed by atoms with Crippen LogP contribution in [0, 0.1) is 5.82 Å². The van der Waals surface area contributed by atoms with Crippen molar-refractivity contribution in [1.29, 1.82) is 0 Å². The second-order valence-corrected chi connectivity index (χ2v) is 7.88. The average molecular weight is 518 g/mol. The number of anilines is 1. The fourth-order valence-electron chi connectivity index (χ4n) is 2.50. The van der Waals surface area contributed by atoms with E-state index in [0.717, 1.165) is 10.0 Å². The van der Waals surface area contributed by atoms with E-state index in [1.807, 2.05) is 24.3 Å². The molecule has 0 saturated heterocycles. The van der Waals surface area contributed by atoms with Crippen molar-refractivity contribution < 1.29 is 27.0 Å². The SMILES string of the molecule is COc1ncc(-c2nc(OCc3cccc(Br)c3)ccc2F)cc1NSCC(F)(F)F. The zero-order valence-electron chi connectivity index (χ0n) is 16.0. The number of aromatic nitrogens is 2. The van der Waals surface area contributed by atoms with Gasteiger partial charge >= 0.3 is 6.18 Å². The Morgan fingerprint density at radius 1 is 1.16 bits per heavy atom. The first-order chi connectivity index (χ1) is 14.7. The molecule has 0 atom stereocenters. The van der Waals surface area contributed by atoms with Gasteiger partial charge in [-0.2, -0.15) is 13.2 Å². The Hall–Kier alpha value is -2.53. The average Bonchev–Trinajstić information content (AvgIpc) is 2.72. The van der Waals surface area contributed by atoms with E-state index in [9.17, 15) is 17.6 Å². The molecule has 0 aliphatic rings. The number of nitrogens with zero attached hydrogens (tertiary/aromatic N) is 2. The molecule has 0 amide bonds. The lowest BCUT2D eigenvalue weighted by Gasteiger charge is -2.13. The molecule has 31 heavy (non-hydrogen) atoms. The van der Waals surface area contributed by atoms with Crippen LogP contribution in [0.15, 0.2) is 53.1 Å². The van der Waals surface area contributed by atoms with Crippen molar-refractivity contribution >= 4 is 33.6 Å². The van der Waals surface area contributed by atoms with Gasteiger partial charge in [0.1, 0.15) is 29.6 Å². The van der Waals surface area contributed by atoms with E-state index in [2.05, 4.69) is 30.6 Å². The maximum atomic E-state index is 14.4. The zero-order chi connectivity index (χ0) is 22.4. The Morgan fingerprint density at radius 3 is 2.68 bits per heavy atom. The normalized spacial score (nSPS) is 11.3. The number of alkyl halides is 3. The number of ether oxygens (including phenoxy) is 2. The van der Waals surface area contributed by atoms with Crippen LogP contribution >= 0.6 is 27.9 Å². The van der Waals surface area contributed by atoms with E-state index in [0.29, 0.717) is 11.9 Å². The van der Waals surface area contributed by atoms with Crippen molar-refractivity contribution in [3.63, 3.8) is 0 Å². The quantitative estimate of drug-likeness (QED) is 0.281. The molecule has 0 spiro atoms. The molecule has 0 saturated carbocycles. The lowest BCUT2D eigenvalue weighted by Crippen LogP contribution is -2.12. The molecule has 0 radical (unpaired) electrons. The van der Waals surface area contributed by atoms with E-state index < -0.39 is 17.7 Å². The third-order valence-corrected chi connectivity index (χ3v) is 5.16. The highest BCUT2D eigenvalue weighted by molar-refractivity contribution is 9.10. The van der Waals surface area contributed by atoms with Gasteiger partial charge in [0.15, 0.2) is 0 Å². The summed E-state index contributed by atoms with van der Waals surface area (Å²) in [5.41, 5.74) is 1.25. The molecule has 2 aromatic heterocycles.